The van der Waals surface area contributed by atoms with E-state index in [2.05, 4.69) is 19.9 Å². The van der Waals surface area contributed by atoms with E-state index < -0.39 is 10.0 Å². The van der Waals surface area contributed by atoms with E-state index in [4.69, 9.17) is 0 Å². The molecular weight excluding hydrogens is 418 g/mol. The molecule has 0 fully saturated rings. The second-order valence-corrected chi connectivity index (χ2v) is 9.46. The minimum absolute atomic E-state index is 0.0892. The van der Waals surface area contributed by atoms with Gasteiger partial charge in [0.2, 0.25) is 11.1 Å². The molecule has 7 nitrogen and oxygen atoms in total. The molecule has 4 aromatic rings. The van der Waals surface area contributed by atoms with Gasteiger partial charge >= 0.3 is 0 Å². The standard InChI is InChI=1S/C21H21N5O2S2/c1-26(2)18-12-6-11-17-16(18)10-7-13-19(17)30(27,28)25-20-22-21(24-23-20)29-14-15-8-4-3-5-9-15/h3-13H,14H2,1-2H3,(H2,22,23,24,25). The van der Waals surface area contributed by atoms with Gasteiger partial charge in [0.25, 0.3) is 10.0 Å². The van der Waals surface area contributed by atoms with E-state index in [0.29, 0.717) is 16.3 Å². The zero-order valence-corrected chi connectivity index (χ0v) is 18.2. The zero-order chi connectivity index (χ0) is 21.1. The molecular formula is C21H21N5O2S2. The predicted octanol–water partition coefficient (Wildman–Crippen LogP) is 4.12. The van der Waals surface area contributed by atoms with Crippen LogP contribution in [0.2, 0.25) is 0 Å². The SMILES string of the molecule is CN(C)c1cccc2c(S(=O)(=O)Nc3nc(SCc4ccccc4)n[nH]3)cccc12. The maximum absolute atomic E-state index is 13.1. The van der Waals surface area contributed by atoms with Crippen LogP contribution in [0.25, 0.3) is 10.8 Å². The van der Waals surface area contributed by atoms with Crippen LogP contribution in [0, 0.1) is 0 Å². The van der Waals surface area contributed by atoms with Crippen LogP contribution in [0.3, 0.4) is 0 Å². The number of fused-ring (bicyclic) bond motifs is 1. The summed E-state index contributed by atoms with van der Waals surface area (Å²) in [6.45, 7) is 0. The van der Waals surface area contributed by atoms with Crippen LogP contribution in [0.1, 0.15) is 5.56 Å². The van der Waals surface area contributed by atoms with Crippen molar-refractivity contribution in [2.45, 2.75) is 15.8 Å². The molecule has 0 spiro atoms. The van der Waals surface area contributed by atoms with Gasteiger partial charge in [-0.25, -0.2) is 18.2 Å². The number of benzene rings is 3. The van der Waals surface area contributed by atoms with E-state index in [1.165, 1.54) is 11.8 Å². The first-order valence-electron chi connectivity index (χ1n) is 9.25. The number of nitrogens with zero attached hydrogens (tertiary/aromatic N) is 3. The highest BCUT2D eigenvalue weighted by molar-refractivity contribution is 7.98. The van der Waals surface area contributed by atoms with Crippen LogP contribution in [0.15, 0.2) is 76.8 Å². The Morgan fingerprint density at radius 3 is 2.47 bits per heavy atom. The molecule has 0 radical (unpaired) electrons. The van der Waals surface area contributed by atoms with Crippen molar-refractivity contribution in [3.05, 3.63) is 72.3 Å². The van der Waals surface area contributed by atoms with Crippen molar-refractivity contribution in [3.8, 4) is 0 Å². The summed E-state index contributed by atoms with van der Waals surface area (Å²) in [5, 5.41) is 8.75. The minimum atomic E-state index is -3.85. The fourth-order valence-corrected chi connectivity index (χ4v) is 5.09. The lowest BCUT2D eigenvalue weighted by molar-refractivity contribution is 0.601. The maximum atomic E-state index is 13.1. The Kier molecular flexibility index (Phi) is 5.65. The predicted molar refractivity (Wildman–Crippen MR) is 121 cm³/mol. The number of nitrogens with one attached hydrogen (secondary N) is 2. The molecule has 1 aromatic heterocycles. The maximum Gasteiger partial charge on any atom is 0.264 e. The van der Waals surface area contributed by atoms with Crippen LogP contribution in [-0.2, 0) is 15.8 Å². The average molecular weight is 440 g/mol. The third kappa shape index (κ3) is 4.27. The summed E-state index contributed by atoms with van der Waals surface area (Å²) in [6, 6.07) is 20.8. The van der Waals surface area contributed by atoms with Crippen LogP contribution in [0.4, 0.5) is 11.6 Å². The molecule has 1 heterocycles. The minimum Gasteiger partial charge on any atom is -0.377 e. The number of sulfonamides is 1. The van der Waals surface area contributed by atoms with Crippen molar-refractivity contribution in [1.82, 2.24) is 15.2 Å². The second kappa shape index (κ2) is 8.37. The van der Waals surface area contributed by atoms with Crippen molar-refractivity contribution < 1.29 is 8.42 Å². The average Bonchev–Trinajstić information content (AvgIpc) is 3.18. The topological polar surface area (TPSA) is 91.0 Å². The summed E-state index contributed by atoms with van der Waals surface area (Å²) in [4.78, 5) is 6.41. The molecule has 0 atom stereocenters. The Labute approximate surface area is 179 Å². The van der Waals surface area contributed by atoms with Gasteiger partial charge in [0.1, 0.15) is 0 Å². The molecule has 0 unspecified atom stereocenters. The number of thioether (sulfide) groups is 1. The van der Waals surface area contributed by atoms with E-state index in [0.717, 1.165) is 16.6 Å². The Balaban J connectivity index is 1.57. The first-order valence-corrected chi connectivity index (χ1v) is 11.7. The molecule has 2 N–H and O–H groups in total. The largest absolute Gasteiger partial charge is 0.377 e. The lowest BCUT2D eigenvalue weighted by Gasteiger charge is -2.17. The van der Waals surface area contributed by atoms with Crippen LogP contribution < -0.4 is 9.62 Å². The molecule has 154 valence electrons. The van der Waals surface area contributed by atoms with E-state index in [-0.39, 0.29) is 10.8 Å². The molecule has 4 rings (SSSR count). The summed E-state index contributed by atoms with van der Waals surface area (Å²) in [5.41, 5.74) is 2.09. The van der Waals surface area contributed by atoms with Gasteiger partial charge in [0.05, 0.1) is 4.90 Å². The third-order valence-electron chi connectivity index (χ3n) is 4.54. The van der Waals surface area contributed by atoms with Gasteiger partial charge in [0, 0.05) is 36.3 Å². The Morgan fingerprint density at radius 1 is 0.967 bits per heavy atom. The van der Waals surface area contributed by atoms with Crippen molar-refractivity contribution >= 4 is 44.2 Å². The molecule has 0 bridgehead atoms. The molecule has 3 aromatic carbocycles. The molecule has 0 saturated carbocycles. The van der Waals surface area contributed by atoms with Crippen molar-refractivity contribution in [3.63, 3.8) is 0 Å². The highest BCUT2D eigenvalue weighted by Gasteiger charge is 2.20. The molecule has 0 aliphatic carbocycles. The summed E-state index contributed by atoms with van der Waals surface area (Å²) < 4.78 is 28.6. The molecule has 0 aliphatic heterocycles. The summed E-state index contributed by atoms with van der Waals surface area (Å²) >= 11 is 1.43. The van der Waals surface area contributed by atoms with Crippen molar-refractivity contribution in [1.29, 1.82) is 0 Å². The van der Waals surface area contributed by atoms with Crippen LogP contribution in [-0.4, -0.2) is 37.7 Å². The molecule has 30 heavy (non-hydrogen) atoms. The highest BCUT2D eigenvalue weighted by atomic mass is 32.2. The quantitative estimate of drug-likeness (QED) is 0.421. The molecule has 0 aliphatic rings. The summed E-state index contributed by atoms with van der Waals surface area (Å²) in [6.07, 6.45) is 0. The number of H-pyrrole nitrogens is 1. The monoisotopic (exact) mass is 439 g/mol. The van der Waals surface area contributed by atoms with Gasteiger partial charge in [-0.3, -0.25) is 0 Å². The van der Waals surface area contributed by atoms with Gasteiger partial charge in [-0.1, -0.05) is 66.4 Å². The Bertz CT molecular complexity index is 1270. The van der Waals surface area contributed by atoms with Crippen molar-refractivity contribution in [2.75, 3.05) is 23.7 Å². The van der Waals surface area contributed by atoms with E-state index in [1.54, 1.807) is 18.2 Å². The van der Waals surface area contributed by atoms with Gasteiger partial charge in [0.15, 0.2) is 0 Å². The lowest BCUT2D eigenvalue weighted by atomic mass is 10.1. The Hall–Kier alpha value is -3.04. The fraction of sp³-hybridized carbons (Fsp3) is 0.143. The van der Waals surface area contributed by atoms with Gasteiger partial charge < -0.3 is 4.90 Å². The first-order chi connectivity index (χ1) is 14.4. The van der Waals surface area contributed by atoms with Crippen molar-refractivity contribution in [2.24, 2.45) is 0 Å². The summed E-state index contributed by atoms with van der Waals surface area (Å²) in [7, 11) is 0.00818. The third-order valence-corrected chi connectivity index (χ3v) is 6.85. The van der Waals surface area contributed by atoms with Gasteiger partial charge in [-0.15, -0.1) is 5.10 Å². The number of aromatic nitrogens is 3. The lowest BCUT2D eigenvalue weighted by Crippen LogP contribution is -2.15. The number of rotatable bonds is 7. The van der Waals surface area contributed by atoms with E-state index in [9.17, 15) is 8.42 Å². The zero-order valence-electron chi connectivity index (χ0n) is 16.5. The number of hydrogen-bond acceptors (Lipinski definition) is 6. The second-order valence-electron chi connectivity index (χ2n) is 6.87. The number of hydrogen-bond donors (Lipinski definition) is 2. The number of anilines is 2. The molecule has 0 saturated heterocycles. The smallest absolute Gasteiger partial charge is 0.264 e. The first kappa shape index (κ1) is 20.2. The van der Waals surface area contributed by atoms with Crippen LogP contribution >= 0.6 is 11.8 Å². The van der Waals surface area contributed by atoms with Gasteiger partial charge in [-0.05, 0) is 17.7 Å². The van der Waals surface area contributed by atoms with Gasteiger partial charge in [-0.2, -0.15) is 4.98 Å². The fourth-order valence-electron chi connectivity index (χ4n) is 3.15. The number of aromatic amines is 1. The highest BCUT2D eigenvalue weighted by Crippen LogP contribution is 2.31. The summed E-state index contributed by atoms with van der Waals surface area (Å²) in [5.74, 6) is 0.785. The Morgan fingerprint density at radius 2 is 1.70 bits per heavy atom. The molecule has 9 heteroatoms. The van der Waals surface area contributed by atoms with E-state index >= 15 is 0 Å². The van der Waals surface area contributed by atoms with Crippen LogP contribution in [0.5, 0.6) is 0 Å². The van der Waals surface area contributed by atoms with E-state index in [1.807, 2.05) is 67.5 Å². The molecule has 0 amide bonds. The normalized spacial score (nSPS) is 11.5.